The summed E-state index contributed by atoms with van der Waals surface area (Å²) in [4.78, 5) is 23.2. The lowest BCUT2D eigenvalue weighted by Gasteiger charge is -2.09. The maximum absolute atomic E-state index is 11.9. The van der Waals surface area contributed by atoms with Crippen molar-refractivity contribution in [2.75, 3.05) is 11.9 Å². The average Bonchev–Trinajstić information content (AvgIpc) is 2.62. The van der Waals surface area contributed by atoms with E-state index in [4.69, 9.17) is 10.5 Å². The second-order valence-electron chi connectivity index (χ2n) is 6.17. The van der Waals surface area contributed by atoms with Gasteiger partial charge in [0.05, 0.1) is 6.04 Å². The third-order valence-corrected chi connectivity index (χ3v) is 3.69. The molecule has 0 saturated carbocycles. The molecule has 0 fully saturated rings. The highest BCUT2D eigenvalue weighted by Gasteiger charge is 2.07. The number of carbonyl (C=O) groups is 2. The molecule has 0 spiro atoms. The van der Waals surface area contributed by atoms with Crippen molar-refractivity contribution in [3.8, 4) is 11.5 Å². The van der Waals surface area contributed by atoms with Crippen LogP contribution >= 0.6 is 0 Å². The summed E-state index contributed by atoms with van der Waals surface area (Å²) < 4.78 is 5.75. The van der Waals surface area contributed by atoms with Crippen LogP contribution in [0.1, 0.15) is 25.3 Å². The van der Waals surface area contributed by atoms with Crippen LogP contribution in [0, 0.1) is 6.92 Å². The molecule has 2 aromatic rings. The molecule has 0 saturated heterocycles. The lowest BCUT2D eigenvalue weighted by Crippen LogP contribution is -2.38. The van der Waals surface area contributed by atoms with E-state index < -0.39 is 6.04 Å². The number of hydrogen-bond acceptors (Lipinski definition) is 4. The van der Waals surface area contributed by atoms with Gasteiger partial charge >= 0.3 is 0 Å². The van der Waals surface area contributed by atoms with Gasteiger partial charge in [-0.25, -0.2) is 0 Å². The van der Waals surface area contributed by atoms with E-state index in [0.29, 0.717) is 30.8 Å². The predicted molar refractivity (Wildman–Crippen MR) is 102 cm³/mol. The number of rotatable bonds is 8. The fourth-order valence-electron chi connectivity index (χ4n) is 2.19. The number of carbonyl (C=O) groups excluding carboxylic acids is 2. The zero-order chi connectivity index (χ0) is 18.9. The van der Waals surface area contributed by atoms with Gasteiger partial charge < -0.3 is 21.1 Å². The fraction of sp³-hybridized carbons (Fsp3) is 0.300. The zero-order valence-corrected chi connectivity index (χ0v) is 15.1. The first-order valence-electron chi connectivity index (χ1n) is 8.62. The molecule has 4 N–H and O–H groups in total. The number of aryl methyl sites for hydroxylation is 1. The van der Waals surface area contributed by atoms with Gasteiger partial charge in [-0.15, -0.1) is 0 Å². The molecular weight excluding hydrogens is 330 g/mol. The van der Waals surface area contributed by atoms with Gasteiger partial charge in [0.1, 0.15) is 11.5 Å². The second-order valence-corrected chi connectivity index (χ2v) is 6.17. The minimum absolute atomic E-state index is 0.104. The Balaban J connectivity index is 1.75. The van der Waals surface area contributed by atoms with Crippen molar-refractivity contribution in [2.24, 2.45) is 5.73 Å². The van der Waals surface area contributed by atoms with E-state index >= 15 is 0 Å². The van der Waals surface area contributed by atoms with Crippen molar-refractivity contribution in [2.45, 2.75) is 32.7 Å². The normalized spacial score (nSPS) is 11.5. The van der Waals surface area contributed by atoms with Crippen molar-refractivity contribution in [3.05, 3.63) is 54.1 Å². The molecule has 0 radical (unpaired) electrons. The van der Waals surface area contributed by atoms with Crippen LogP contribution in [0.15, 0.2) is 48.5 Å². The minimum Gasteiger partial charge on any atom is -0.457 e. The number of nitrogens with two attached hydrogens (primary N) is 1. The summed E-state index contributed by atoms with van der Waals surface area (Å²) in [5.41, 5.74) is 7.32. The average molecular weight is 355 g/mol. The van der Waals surface area contributed by atoms with Crippen molar-refractivity contribution < 1.29 is 14.3 Å². The summed E-state index contributed by atoms with van der Waals surface area (Å²) in [7, 11) is 0. The number of hydrogen-bond donors (Lipinski definition) is 3. The molecule has 138 valence electrons. The van der Waals surface area contributed by atoms with Gasteiger partial charge in [0, 0.05) is 18.7 Å². The quantitative estimate of drug-likeness (QED) is 0.635. The lowest BCUT2D eigenvalue weighted by atomic mass is 10.2. The molecule has 2 rings (SSSR count). The number of amides is 2. The highest BCUT2D eigenvalue weighted by Crippen LogP contribution is 2.23. The Kier molecular flexibility index (Phi) is 7.17. The standard InChI is InChI=1S/C20H25N3O3/c1-14-5-9-17(10-6-14)26-18-11-7-16(8-12-18)23-19(24)4-3-13-22-20(25)15(2)21/h5-12,15H,3-4,13,21H2,1-2H3,(H,22,25)(H,23,24)/t15-/m1/s1. The lowest BCUT2D eigenvalue weighted by molar-refractivity contribution is -0.122. The Morgan fingerprint density at radius 1 is 1.04 bits per heavy atom. The first kappa shape index (κ1) is 19.5. The van der Waals surface area contributed by atoms with Crippen LogP contribution in [-0.2, 0) is 9.59 Å². The topological polar surface area (TPSA) is 93.5 Å². The fourth-order valence-corrected chi connectivity index (χ4v) is 2.19. The van der Waals surface area contributed by atoms with E-state index in [2.05, 4.69) is 10.6 Å². The summed E-state index contributed by atoms with van der Waals surface area (Å²) in [6, 6.07) is 14.4. The van der Waals surface area contributed by atoms with Crippen molar-refractivity contribution in [1.29, 1.82) is 0 Å². The predicted octanol–water partition coefficient (Wildman–Crippen LogP) is 2.97. The highest BCUT2D eigenvalue weighted by atomic mass is 16.5. The van der Waals surface area contributed by atoms with Crippen molar-refractivity contribution in [3.63, 3.8) is 0 Å². The second kappa shape index (κ2) is 9.58. The smallest absolute Gasteiger partial charge is 0.236 e. The summed E-state index contributed by atoms with van der Waals surface area (Å²) in [6.45, 7) is 4.07. The van der Waals surface area contributed by atoms with E-state index in [-0.39, 0.29) is 11.8 Å². The van der Waals surface area contributed by atoms with Crippen LogP contribution in [0.4, 0.5) is 5.69 Å². The Morgan fingerprint density at radius 3 is 2.19 bits per heavy atom. The summed E-state index contributed by atoms with van der Waals surface area (Å²) >= 11 is 0. The molecule has 0 heterocycles. The van der Waals surface area contributed by atoms with E-state index in [1.165, 1.54) is 5.56 Å². The van der Waals surface area contributed by atoms with Gasteiger partial charge in [0.25, 0.3) is 0 Å². The summed E-state index contributed by atoms with van der Waals surface area (Å²) in [6.07, 6.45) is 0.875. The van der Waals surface area contributed by atoms with E-state index in [9.17, 15) is 9.59 Å². The number of nitrogens with one attached hydrogen (secondary N) is 2. The van der Waals surface area contributed by atoms with E-state index in [0.717, 1.165) is 5.75 Å². The van der Waals surface area contributed by atoms with Gasteiger partial charge in [0.15, 0.2) is 0 Å². The van der Waals surface area contributed by atoms with Crippen LogP contribution in [0.2, 0.25) is 0 Å². The van der Waals surface area contributed by atoms with E-state index in [1.54, 1.807) is 31.2 Å². The maximum atomic E-state index is 11.9. The monoisotopic (exact) mass is 355 g/mol. The molecule has 6 nitrogen and oxygen atoms in total. The molecule has 0 aromatic heterocycles. The molecule has 1 atom stereocenters. The molecule has 0 aliphatic carbocycles. The molecule has 0 aliphatic rings. The van der Waals surface area contributed by atoms with Crippen molar-refractivity contribution >= 4 is 17.5 Å². The third-order valence-electron chi connectivity index (χ3n) is 3.69. The zero-order valence-electron chi connectivity index (χ0n) is 15.1. The van der Waals surface area contributed by atoms with Crippen LogP contribution in [0.3, 0.4) is 0 Å². The summed E-state index contributed by atoms with van der Waals surface area (Å²) in [5.74, 6) is 1.15. The molecule has 2 aromatic carbocycles. The third kappa shape index (κ3) is 6.57. The van der Waals surface area contributed by atoms with Gasteiger partial charge in [-0.05, 0) is 56.7 Å². The molecule has 2 amide bonds. The Hall–Kier alpha value is -2.86. The van der Waals surface area contributed by atoms with E-state index in [1.807, 2.05) is 31.2 Å². The Labute approximate surface area is 153 Å². The Morgan fingerprint density at radius 2 is 1.62 bits per heavy atom. The van der Waals surface area contributed by atoms with Gasteiger partial charge in [-0.3, -0.25) is 9.59 Å². The SMILES string of the molecule is Cc1ccc(Oc2ccc(NC(=O)CCCNC(=O)[C@@H](C)N)cc2)cc1. The number of anilines is 1. The van der Waals surface area contributed by atoms with Crippen LogP contribution in [0.5, 0.6) is 11.5 Å². The van der Waals surface area contributed by atoms with Crippen LogP contribution < -0.4 is 21.1 Å². The molecule has 6 heteroatoms. The summed E-state index contributed by atoms with van der Waals surface area (Å²) in [5, 5.41) is 5.49. The van der Waals surface area contributed by atoms with Gasteiger partial charge in [0.2, 0.25) is 11.8 Å². The molecule has 0 aliphatic heterocycles. The minimum atomic E-state index is -0.538. The van der Waals surface area contributed by atoms with Crippen LogP contribution in [-0.4, -0.2) is 24.4 Å². The Bertz CT molecular complexity index is 725. The molecule has 26 heavy (non-hydrogen) atoms. The van der Waals surface area contributed by atoms with Gasteiger partial charge in [-0.1, -0.05) is 17.7 Å². The largest absolute Gasteiger partial charge is 0.457 e. The molecular formula is C20H25N3O3. The number of benzene rings is 2. The molecule has 0 unspecified atom stereocenters. The first-order chi connectivity index (χ1) is 12.4. The highest BCUT2D eigenvalue weighted by molar-refractivity contribution is 5.90. The first-order valence-corrected chi connectivity index (χ1v) is 8.62. The van der Waals surface area contributed by atoms with Crippen LogP contribution in [0.25, 0.3) is 0 Å². The maximum Gasteiger partial charge on any atom is 0.236 e. The molecule has 0 bridgehead atoms. The van der Waals surface area contributed by atoms with Crippen molar-refractivity contribution in [1.82, 2.24) is 5.32 Å². The number of ether oxygens (including phenoxy) is 1. The van der Waals surface area contributed by atoms with Gasteiger partial charge in [-0.2, -0.15) is 0 Å².